The van der Waals surface area contributed by atoms with Crippen molar-refractivity contribution in [3.63, 3.8) is 0 Å². The number of aromatic hydroxyl groups is 1. The minimum absolute atomic E-state index is 0.0412. The van der Waals surface area contributed by atoms with Crippen LogP contribution in [0.2, 0.25) is 0 Å². The molecular formula is C14H22N2O2. The van der Waals surface area contributed by atoms with Crippen LogP contribution in [0.15, 0.2) is 18.5 Å². The Hall–Kier alpha value is -1.58. The van der Waals surface area contributed by atoms with Crippen molar-refractivity contribution < 1.29 is 9.90 Å². The third kappa shape index (κ3) is 4.02. The van der Waals surface area contributed by atoms with Gasteiger partial charge in [0.2, 0.25) is 0 Å². The maximum absolute atomic E-state index is 12.3. The standard InChI is InChI=1S/C14H22N2O2/c1-3-5-9-16(10-6-4-2)14(18)12-7-8-15-11-13(12)17/h7-8,11,17H,3-6,9-10H2,1-2H3. The zero-order chi connectivity index (χ0) is 13.4. The molecule has 100 valence electrons. The predicted octanol–water partition coefficient (Wildman–Crippen LogP) is 2.83. The average molecular weight is 250 g/mol. The Balaban J connectivity index is 2.77. The minimum Gasteiger partial charge on any atom is -0.505 e. The highest BCUT2D eigenvalue weighted by Crippen LogP contribution is 2.17. The summed E-state index contributed by atoms with van der Waals surface area (Å²) in [5.41, 5.74) is 0.345. The van der Waals surface area contributed by atoms with Crippen molar-refractivity contribution in [3.05, 3.63) is 24.0 Å². The lowest BCUT2D eigenvalue weighted by atomic mass is 10.2. The van der Waals surface area contributed by atoms with E-state index in [1.54, 1.807) is 6.07 Å². The molecule has 1 rings (SSSR count). The molecule has 1 aromatic rings. The van der Waals surface area contributed by atoms with Crippen LogP contribution in [0.4, 0.5) is 0 Å². The molecule has 4 nitrogen and oxygen atoms in total. The summed E-state index contributed by atoms with van der Waals surface area (Å²) in [6, 6.07) is 1.57. The SMILES string of the molecule is CCCCN(CCCC)C(=O)c1ccncc1O. The Morgan fingerprint density at radius 3 is 2.39 bits per heavy atom. The number of hydrogen-bond acceptors (Lipinski definition) is 3. The zero-order valence-corrected chi connectivity index (χ0v) is 11.2. The lowest BCUT2D eigenvalue weighted by Gasteiger charge is -2.22. The van der Waals surface area contributed by atoms with E-state index in [0.29, 0.717) is 5.56 Å². The van der Waals surface area contributed by atoms with Gasteiger partial charge in [0.25, 0.3) is 5.91 Å². The Labute approximate surface area is 109 Å². The van der Waals surface area contributed by atoms with Crippen LogP contribution in [0.1, 0.15) is 49.9 Å². The maximum Gasteiger partial charge on any atom is 0.257 e. The van der Waals surface area contributed by atoms with Gasteiger partial charge < -0.3 is 10.0 Å². The largest absolute Gasteiger partial charge is 0.505 e. The highest BCUT2D eigenvalue weighted by molar-refractivity contribution is 5.96. The number of aromatic nitrogens is 1. The Morgan fingerprint density at radius 1 is 1.28 bits per heavy atom. The molecule has 0 radical (unpaired) electrons. The van der Waals surface area contributed by atoms with Crippen LogP contribution >= 0.6 is 0 Å². The fourth-order valence-electron chi connectivity index (χ4n) is 1.75. The van der Waals surface area contributed by atoms with E-state index in [1.807, 2.05) is 4.90 Å². The number of pyridine rings is 1. The summed E-state index contributed by atoms with van der Waals surface area (Å²) in [7, 11) is 0. The third-order valence-electron chi connectivity index (χ3n) is 2.88. The number of nitrogens with zero attached hydrogens (tertiary/aromatic N) is 2. The zero-order valence-electron chi connectivity index (χ0n) is 11.2. The third-order valence-corrected chi connectivity index (χ3v) is 2.88. The molecule has 0 unspecified atom stereocenters. The minimum atomic E-state index is -0.100. The molecule has 1 N–H and O–H groups in total. The monoisotopic (exact) mass is 250 g/mol. The summed E-state index contributed by atoms with van der Waals surface area (Å²) in [6.45, 7) is 5.70. The number of rotatable bonds is 7. The first-order valence-corrected chi connectivity index (χ1v) is 6.63. The maximum atomic E-state index is 12.3. The number of carbonyl (C=O) groups is 1. The number of unbranched alkanes of at least 4 members (excludes halogenated alkanes) is 2. The molecule has 0 atom stereocenters. The van der Waals surface area contributed by atoms with Crippen molar-refractivity contribution in [2.45, 2.75) is 39.5 Å². The molecule has 0 bridgehead atoms. The first kappa shape index (κ1) is 14.5. The van der Waals surface area contributed by atoms with E-state index in [0.717, 1.165) is 38.8 Å². The van der Waals surface area contributed by atoms with Gasteiger partial charge in [0, 0.05) is 19.3 Å². The molecule has 18 heavy (non-hydrogen) atoms. The van der Waals surface area contributed by atoms with Crippen molar-refractivity contribution in [2.75, 3.05) is 13.1 Å². The van der Waals surface area contributed by atoms with Crippen LogP contribution in [0.5, 0.6) is 5.75 Å². The van der Waals surface area contributed by atoms with E-state index in [4.69, 9.17) is 0 Å². The van der Waals surface area contributed by atoms with Crippen molar-refractivity contribution in [3.8, 4) is 5.75 Å². The molecule has 0 aliphatic heterocycles. The fourth-order valence-corrected chi connectivity index (χ4v) is 1.75. The molecule has 0 aliphatic rings. The van der Waals surface area contributed by atoms with Crippen LogP contribution in [0.3, 0.4) is 0 Å². The quantitative estimate of drug-likeness (QED) is 0.809. The van der Waals surface area contributed by atoms with Gasteiger partial charge >= 0.3 is 0 Å². The highest BCUT2D eigenvalue weighted by Gasteiger charge is 2.17. The number of hydrogen-bond donors (Lipinski definition) is 1. The summed E-state index contributed by atoms with van der Waals surface area (Å²) in [4.78, 5) is 17.9. The normalized spacial score (nSPS) is 10.3. The molecular weight excluding hydrogens is 228 g/mol. The number of carbonyl (C=O) groups excluding carboxylic acids is 1. The van der Waals surface area contributed by atoms with E-state index in [9.17, 15) is 9.90 Å². The molecule has 0 aliphatic carbocycles. The molecule has 1 heterocycles. The van der Waals surface area contributed by atoms with Crippen molar-refractivity contribution >= 4 is 5.91 Å². The van der Waals surface area contributed by atoms with Crippen LogP contribution < -0.4 is 0 Å². The second kappa shape index (κ2) is 7.69. The van der Waals surface area contributed by atoms with Gasteiger partial charge in [0.1, 0.15) is 5.75 Å². The fraction of sp³-hybridized carbons (Fsp3) is 0.571. The van der Waals surface area contributed by atoms with Gasteiger partial charge in [-0.1, -0.05) is 26.7 Å². The van der Waals surface area contributed by atoms with Crippen LogP contribution in [0.25, 0.3) is 0 Å². The van der Waals surface area contributed by atoms with E-state index < -0.39 is 0 Å². The van der Waals surface area contributed by atoms with Crippen molar-refractivity contribution in [1.29, 1.82) is 0 Å². The van der Waals surface area contributed by atoms with E-state index >= 15 is 0 Å². The van der Waals surface area contributed by atoms with Gasteiger partial charge in [-0.2, -0.15) is 0 Å². The van der Waals surface area contributed by atoms with Crippen molar-refractivity contribution in [2.24, 2.45) is 0 Å². The molecule has 1 aromatic heterocycles. The molecule has 0 saturated heterocycles. The Kier molecular flexibility index (Phi) is 6.19. The summed E-state index contributed by atoms with van der Waals surface area (Å²) in [5, 5.41) is 9.67. The summed E-state index contributed by atoms with van der Waals surface area (Å²) in [6.07, 6.45) is 6.93. The van der Waals surface area contributed by atoms with E-state index in [1.165, 1.54) is 12.4 Å². The van der Waals surface area contributed by atoms with Gasteiger partial charge in [-0.3, -0.25) is 9.78 Å². The predicted molar refractivity (Wildman–Crippen MR) is 71.6 cm³/mol. The van der Waals surface area contributed by atoms with Gasteiger partial charge in [-0.05, 0) is 18.9 Å². The topological polar surface area (TPSA) is 53.4 Å². The molecule has 0 fully saturated rings. The summed E-state index contributed by atoms with van der Waals surface area (Å²) < 4.78 is 0. The van der Waals surface area contributed by atoms with Gasteiger partial charge in [-0.25, -0.2) is 0 Å². The molecule has 0 aromatic carbocycles. The second-order valence-electron chi connectivity index (χ2n) is 4.39. The Morgan fingerprint density at radius 2 is 1.89 bits per heavy atom. The smallest absolute Gasteiger partial charge is 0.257 e. The van der Waals surface area contributed by atoms with Crippen LogP contribution in [-0.4, -0.2) is 34.0 Å². The van der Waals surface area contributed by atoms with Crippen LogP contribution in [0, 0.1) is 0 Å². The number of amides is 1. The molecule has 0 saturated carbocycles. The molecule has 4 heteroatoms. The van der Waals surface area contributed by atoms with E-state index in [2.05, 4.69) is 18.8 Å². The van der Waals surface area contributed by atoms with Crippen LogP contribution in [-0.2, 0) is 0 Å². The lowest BCUT2D eigenvalue weighted by Crippen LogP contribution is -2.33. The summed E-state index contributed by atoms with van der Waals surface area (Å²) in [5.74, 6) is -0.141. The summed E-state index contributed by atoms with van der Waals surface area (Å²) >= 11 is 0. The molecule has 0 spiro atoms. The first-order chi connectivity index (χ1) is 8.70. The van der Waals surface area contributed by atoms with Gasteiger partial charge in [-0.15, -0.1) is 0 Å². The van der Waals surface area contributed by atoms with Gasteiger partial charge in [0.05, 0.1) is 11.8 Å². The average Bonchev–Trinajstić information content (AvgIpc) is 2.39. The lowest BCUT2D eigenvalue weighted by molar-refractivity contribution is 0.0748. The first-order valence-electron chi connectivity index (χ1n) is 6.63. The van der Waals surface area contributed by atoms with Gasteiger partial charge in [0.15, 0.2) is 0 Å². The highest BCUT2D eigenvalue weighted by atomic mass is 16.3. The van der Waals surface area contributed by atoms with Crippen molar-refractivity contribution in [1.82, 2.24) is 9.88 Å². The second-order valence-corrected chi connectivity index (χ2v) is 4.39. The molecule has 1 amide bonds. The Bertz CT molecular complexity index is 372. The van der Waals surface area contributed by atoms with E-state index in [-0.39, 0.29) is 11.7 Å².